The number of carbonyl (C=O) groups is 1. The summed E-state index contributed by atoms with van der Waals surface area (Å²) in [6, 6.07) is 7.31. The third-order valence-corrected chi connectivity index (χ3v) is 2.44. The molecule has 3 nitrogen and oxygen atoms in total. The summed E-state index contributed by atoms with van der Waals surface area (Å²) in [5, 5.41) is 6.76. The minimum Gasteiger partial charge on any atom is -0.362 e. The van der Waals surface area contributed by atoms with E-state index in [1.54, 1.807) is 19.1 Å². The highest BCUT2D eigenvalue weighted by Gasteiger charge is 2.02. The highest BCUT2D eigenvalue weighted by Crippen LogP contribution is 2.10. The molecule has 1 aromatic rings. The topological polar surface area (TPSA) is 41.1 Å². The normalized spacial score (nSPS) is 10.1. The Labute approximate surface area is 108 Å². The van der Waals surface area contributed by atoms with E-state index in [0.717, 1.165) is 12.2 Å². The summed E-state index contributed by atoms with van der Waals surface area (Å²) in [6.45, 7) is 6.62. The molecule has 0 amide bonds. The van der Waals surface area contributed by atoms with Gasteiger partial charge in [-0.1, -0.05) is 26.0 Å². The molecule has 1 rings (SSSR count). The van der Waals surface area contributed by atoms with Gasteiger partial charge in [-0.05, 0) is 37.2 Å². The zero-order valence-corrected chi connectivity index (χ0v) is 11.2. The Balaban J connectivity index is 2.59. The summed E-state index contributed by atoms with van der Waals surface area (Å²) in [4.78, 5) is 11.2. The summed E-state index contributed by atoms with van der Waals surface area (Å²) in [5.41, 5.74) is 1.51. The average molecular weight is 250 g/mol. The van der Waals surface area contributed by atoms with Crippen molar-refractivity contribution in [2.45, 2.75) is 20.8 Å². The second-order valence-electron chi connectivity index (χ2n) is 4.37. The van der Waals surface area contributed by atoms with Crippen LogP contribution in [-0.4, -0.2) is 17.4 Å². The molecule has 0 radical (unpaired) electrons. The van der Waals surface area contributed by atoms with Crippen molar-refractivity contribution in [1.82, 2.24) is 5.32 Å². The molecule has 0 aliphatic carbocycles. The lowest BCUT2D eigenvalue weighted by Gasteiger charge is -2.12. The van der Waals surface area contributed by atoms with Gasteiger partial charge in [0.05, 0.1) is 0 Å². The third-order valence-electron chi connectivity index (χ3n) is 2.20. The van der Waals surface area contributed by atoms with Crippen molar-refractivity contribution >= 4 is 28.8 Å². The maximum atomic E-state index is 11.2. The number of Topliss-reactive ketones (excluding diaryl/α,β-unsaturated/α-hetero) is 1. The molecular weight excluding hydrogens is 232 g/mol. The Morgan fingerprint density at radius 1 is 1.41 bits per heavy atom. The number of rotatable bonds is 4. The van der Waals surface area contributed by atoms with Gasteiger partial charge in [-0.15, -0.1) is 0 Å². The summed E-state index contributed by atoms with van der Waals surface area (Å²) in [6.07, 6.45) is 0. The molecule has 92 valence electrons. The molecule has 4 heteroatoms. The van der Waals surface area contributed by atoms with Crippen molar-refractivity contribution < 1.29 is 4.79 Å². The minimum atomic E-state index is 0.0507. The number of hydrogen-bond donors (Lipinski definition) is 2. The highest BCUT2D eigenvalue weighted by molar-refractivity contribution is 7.80. The summed E-state index contributed by atoms with van der Waals surface area (Å²) < 4.78 is 0. The van der Waals surface area contributed by atoms with Crippen LogP contribution < -0.4 is 10.6 Å². The minimum absolute atomic E-state index is 0.0507. The van der Waals surface area contributed by atoms with E-state index in [4.69, 9.17) is 12.2 Å². The Morgan fingerprint density at radius 3 is 2.71 bits per heavy atom. The smallest absolute Gasteiger partial charge is 0.170 e. The van der Waals surface area contributed by atoms with Crippen LogP contribution in [0.1, 0.15) is 31.1 Å². The lowest BCUT2D eigenvalue weighted by molar-refractivity contribution is 0.101. The Bertz CT molecular complexity index is 416. The first-order chi connectivity index (χ1) is 7.99. The number of anilines is 1. The molecule has 0 aliphatic heterocycles. The van der Waals surface area contributed by atoms with E-state index >= 15 is 0 Å². The van der Waals surface area contributed by atoms with Crippen molar-refractivity contribution in [2.24, 2.45) is 5.92 Å². The zero-order valence-electron chi connectivity index (χ0n) is 10.4. The van der Waals surface area contributed by atoms with Gasteiger partial charge in [-0.3, -0.25) is 4.79 Å². The van der Waals surface area contributed by atoms with Gasteiger partial charge < -0.3 is 10.6 Å². The van der Waals surface area contributed by atoms with Crippen LogP contribution in [0.2, 0.25) is 0 Å². The predicted molar refractivity (Wildman–Crippen MR) is 75.5 cm³/mol. The van der Waals surface area contributed by atoms with E-state index in [9.17, 15) is 4.79 Å². The maximum Gasteiger partial charge on any atom is 0.170 e. The van der Waals surface area contributed by atoms with Crippen LogP contribution in [0.4, 0.5) is 5.69 Å². The van der Waals surface area contributed by atoms with Gasteiger partial charge in [0.1, 0.15) is 0 Å². The van der Waals surface area contributed by atoms with Gasteiger partial charge >= 0.3 is 0 Å². The van der Waals surface area contributed by atoms with Crippen LogP contribution in [0.5, 0.6) is 0 Å². The van der Waals surface area contributed by atoms with Crippen molar-refractivity contribution in [3.05, 3.63) is 29.8 Å². The van der Waals surface area contributed by atoms with Gasteiger partial charge in [-0.25, -0.2) is 0 Å². The van der Waals surface area contributed by atoms with Crippen molar-refractivity contribution in [2.75, 3.05) is 11.9 Å². The van der Waals surface area contributed by atoms with Crippen LogP contribution in [0, 0.1) is 5.92 Å². The SMILES string of the molecule is CC(=O)c1cccc(NC(=S)NCC(C)C)c1. The van der Waals surface area contributed by atoms with Crippen LogP contribution >= 0.6 is 12.2 Å². The van der Waals surface area contributed by atoms with Crippen molar-refractivity contribution in [3.8, 4) is 0 Å². The quantitative estimate of drug-likeness (QED) is 0.637. The predicted octanol–water partition coefficient (Wildman–Crippen LogP) is 2.83. The van der Waals surface area contributed by atoms with E-state index < -0.39 is 0 Å². The average Bonchev–Trinajstić information content (AvgIpc) is 2.26. The second-order valence-corrected chi connectivity index (χ2v) is 4.77. The number of thiocarbonyl (C=S) groups is 1. The molecule has 0 unspecified atom stereocenters. The van der Waals surface area contributed by atoms with E-state index in [-0.39, 0.29) is 5.78 Å². The summed E-state index contributed by atoms with van der Waals surface area (Å²) >= 11 is 5.16. The molecule has 1 aromatic carbocycles. The van der Waals surface area contributed by atoms with Crippen LogP contribution in [-0.2, 0) is 0 Å². The molecule has 0 aliphatic rings. The van der Waals surface area contributed by atoms with E-state index in [1.807, 2.05) is 12.1 Å². The molecule has 0 spiro atoms. The lowest BCUT2D eigenvalue weighted by atomic mass is 10.1. The number of nitrogens with one attached hydrogen (secondary N) is 2. The summed E-state index contributed by atoms with van der Waals surface area (Å²) in [5.74, 6) is 0.591. The van der Waals surface area contributed by atoms with Crippen LogP contribution in [0.25, 0.3) is 0 Å². The fourth-order valence-corrected chi connectivity index (χ4v) is 1.49. The van der Waals surface area contributed by atoms with Gasteiger partial charge in [0.2, 0.25) is 0 Å². The van der Waals surface area contributed by atoms with Gasteiger partial charge in [0.15, 0.2) is 10.9 Å². The molecule has 2 N–H and O–H groups in total. The molecule has 0 saturated carbocycles. The van der Waals surface area contributed by atoms with Gasteiger partial charge in [0.25, 0.3) is 0 Å². The van der Waals surface area contributed by atoms with E-state index in [2.05, 4.69) is 24.5 Å². The standard InChI is InChI=1S/C13H18N2OS/c1-9(2)8-14-13(17)15-12-6-4-5-11(7-12)10(3)16/h4-7,9H,8H2,1-3H3,(H2,14,15,17). The first kappa shape index (κ1) is 13.6. The van der Waals surface area contributed by atoms with Crippen LogP contribution in [0.3, 0.4) is 0 Å². The molecule has 0 aromatic heterocycles. The molecule has 0 heterocycles. The van der Waals surface area contributed by atoms with Crippen molar-refractivity contribution in [3.63, 3.8) is 0 Å². The number of hydrogen-bond acceptors (Lipinski definition) is 2. The number of benzene rings is 1. The molecule has 0 bridgehead atoms. The Kier molecular flexibility index (Phi) is 5.10. The monoisotopic (exact) mass is 250 g/mol. The fraction of sp³-hybridized carbons (Fsp3) is 0.385. The zero-order chi connectivity index (χ0) is 12.8. The molecule has 0 fully saturated rings. The van der Waals surface area contributed by atoms with Gasteiger partial charge in [-0.2, -0.15) is 0 Å². The molecular formula is C13H18N2OS. The van der Waals surface area contributed by atoms with Gasteiger partial charge in [0, 0.05) is 17.8 Å². The third kappa shape index (κ3) is 4.95. The summed E-state index contributed by atoms with van der Waals surface area (Å²) in [7, 11) is 0. The molecule has 17 heavy (non-hydrogen) atoms. The largest absolute Gasteiger partial charge is 0.362 e. The Hall–Kier alpha value is -1.42. The molecule has 0 atom stereocenters. The Morgan fingerprint density at radius 2 is 2.12 bits per heavy atom. The molecule has 0 saturated heterocycles. The number of ketones is 1. The first-order valence-electron chi connectivity index (χ1n) is 5.65. The first-order valence-corrected chi connectivity index (χ1v) is 6.05. The van der Waals surface area contributed by atoms with E-state index in [0.29, 0.717) is 16.6 Å². The number of carbonyl (C=O) groups excluding carboxylic acids is 1. The lowest BCUT2D eigenvalue weighted by Crippen LogP contribution is -2.31. The fourth-order valence-electron chi connectivity index (χ4n) is 1.29. The maximum absolute atomic E-state index is 11.2. The van der Waals surface area contributed by atoms with E-state index in [1.165, 1.54) is 0 Å². The van der Waals surface area contributed by atoms with Crippen molar-refractivity contribution in [1.29, 1.82) is 0 Å². The second kappa shape index (κ2) is 6.35. The highest BCUT2D eigenvalue weighted by atomic mass is 32.1. The van der Waals surface area contributed by atoms with Crippen LogP contribution in [0.15, 0.2) is 24.3 Å².